The quantitative estimate of drug-likeness (QED) is 0.862. The van der Waals surface area contributed by atoms with Crippen LogP contribution >= 0.6 is 0 Å². The van der Waals surface area contributed by atoms with Crippen LogP contribution in [0, 0.1) is 25.2 Å². The van der Waals surface area contributed by atoms with E-state index in [4.69, 9.17) is 9.47 Å². The number of nitrogens with zero attached hydrogens (tertiary/aromatic N) is 1. The zero-order valence-corrected chi connectivity index (χ0v) is 12.6. The van der Waals surface area contributed by atoms with E-state index in [-0.39, 0.29) is 6.10 Å². The minimum Gasteiger partial charge on any atom is -0.486 e. The summed E-state index contributed by atoms with van der Waals surface area (Å²) in [6, 6.07) is 4.59. The molecule has 0 atom stereocenters. The maximum Gasteiger partial charge on any atom is 0.166 e. The molecule has 0 bridgehead atoms. The Morgan fingerprint density at radius 3 is 2.38 bits per heavy atom. The van der Waals surface area contributed by atoms with E-state index in [0.29, 0.717) is 38.9 Å². The molecule has 1 aliphatic carbocycles. The first-order valence-electron chi connectivity index (χ1n) is 7.57. The van der Waals surface area contributed by atoms with Gasteiger partial charge in [0.05, 0.1) is 17.6 Å². The first-order valence-corrected chi connectivity index (χ1v) is 7.57. The minimum atomic E-state index is -0.568. The Morgan fingerprint density at radius 1 is 1.14 bits per heavy atom. The van der Waals surface area contributed by atoms with Crippen LogP contribution in [-0.2, 0) is 5.41 Å². The summed E-state index contributed by atoms with van der Waals surface area (Å²) < 4.78 is 11.7. The van der Waals surface area contributed by atoms with Crippen LogP contribution in [0.3, 0.4) is 0 Å². The van der Waals surface area contributed by atoms with Crippen molar-refractivity contribution in [3.05, 3.63) is 22.8 Å². The average molecular weight is 287 g/mol. The highest BCUT2D eigenvalue weighted by Gasteiger charge is 2.41. The van der Waals surface area contributed by atoms with Crippen LogP contribution in [0.4, 0.5) is 0 Å². The third-order valence-electron chi connectivity index (χ3n) is 4.70. The lowest BCUT2D eigenvalue weighted by molar-refractivity contribution is 0.106. The molecular weight excluding hydrogens is 266 g/mol. The Kier molecular flexibility index (Phi) is 3.54. The number of ether oxygens (including phenoxy) is 2. The highest BCUT2D eigenvalue weighted by Crippen LogP contribution is 2.49. The summed E-state index contributed by atoms with van der Waals surface area (Å²) in [6.45, 7) is 5.11. The molecule has 0 radical (unpaired) electrons. The average Bonchev–Trinajstić information content (AvgIpc) is 2.49. The highest BCUT2D eigenvalue weighted by atomic mass is 16.6. The van der Waals surface area contributed by atoms with Crippen molar-refractivity contribution in [1.29, 1.82) is 5.26 Å². The lowest BCUT2D eigenvalue weighted by Crippen LogP contribution is -2.34. The Bertz CT molecular complexity index is 595. The molecule has 0 unspecified atom stereocenters. The lowest BCUT2D eigenvalue weighted by Gasteiger charge is -2.37. The van der Waals surface area contributed by atoms with Crippen molar-refractivity contribution in [3.8, 4) is 17.6 Å². The van der Waals surface area contributed by atoms with Crippen LogP contribution in [0.1, 0.15) is 42.4 Å². The predicted molar refractivity (Wildman–Crippen MR) is 78.7 cm³/mol. The fourth-order valence-corrected chi connectivity index (χ4v) is 3.65. The number of benzene rings is 1. The van der Waals surface area contributed by atoms with Crippen LogP contribution in [0.25, 0.3) is 0 Å². The van der Waals surface area contributed by atoms with Gasteiger partial charge in [-0.3, -0.25) is 0 Å². The smallest absolute Gasteiger partial charge is 0.166 e. The normalized spacial score (nSPS) is 28.0. The van der Waals surface area contributed by atoms with E-state index in [1.165, 1.54) is 0 Å². The highest BCUT2D eigenvalue weighted by molar-refractivity contribution is 5.60. The molecule has 3 rings (SSSR count). The molecule has 112 valence electrons. The monoisotopic (exact) mass is 287 g/mol. The van der Waals surface area contributed by atoms with Gasteiger partial charge in [0.1, 0.15) is 13.2 Å². The van der Waals surface area contributed by atoms with Crippen LogP contribution in [-0.4, -0.2) is 24.4 Å². The lowest BCUT2D eigenvalue weighted by atomic mass is 9.68. The van der Waals surface area contributed by atoms with E-state index in [9.17, 15) is 10.4 Å². The van der Waals surface area contributed by atoms with E-state index >= 15 is 0 Å². The number of aliphatic hydroxyl groups excluding tert-OH is 1. The molecule has 1 heterocycles. The summed E-state index contributed by atoms with van der Waals surface area (Å²) in [4.78, 5) is 0. The third-order valence-corrected chi connectivity index (χ3v) is 4.70. The summed E-state index contributed by atoms with van der Waals surface area (Å²) in [5.41, 5.74) is 2.53. The number of aliphatic hydroxyl groups is 1. The van der Waals surface area contributed by atoms with E-state index in [0.717, 1.165) is 28.2 Å². The molecule has 1 saturated carbocycles. The summed E-state index contributed by atoms with van der Waals surface area (Å²) in [6.07, 6.45) is 2.38. The maximum atomic E-state index is 9.85. The van der Waals surface area contributed by atoms with Crippen molar-refractivity contribution in [2.75, 3.05) is 13.2 Å². The van der Waals surface area contributed by atoms with Crippen molar-refractivity contribution < 1.29 is 14.6 Å². The van der Waals surface area contributed by atoms with Crippen molar-refractivity contribution in [3.63, 3.8) is 0 Å². The second kappa shape index (κ2) is 5.23. The van der Waals surface area contributed by atoms with E-state index in [1.54, 1.807) is 0 Å². The molecule has 0 amide bonds. The van der Waals surface area contributed by atoms with E-state index in [1.807, 2.05) is 13.8 Å². The van der Waals surface area contributed by atoms with Crippen LogP contribution < -0.4 is 9.47 Å². The Morgan fingerprint density at radius 2 is 1.76 bits per heavy atom. The fraction of sp³-hybridized carbons (Fsp3) is 0.588. The first kappa shape index (κ1) is 14.2. The predicted octanol–water partition coefficient (Wildman–Crippen LogP) is 2.77. The summed E-state index contributed by atoms with van der Waals surface area (Å²) in [7, 11) is 0. The second-order valence-corrected chi connectivity index (χ2v) is 6.17. The standard InChI is InChI=1S/C17H21NO3/c1-11-9-12(2)15-16(21-8-7-20-15)14(11)17(10-18)5-3-13(19)4-6-17/h9,13,19H,3-8H2,1-2H3. The van der Waals surface area contributed by atoms with E-state index < -0.39 is 5.41 Å². The Labute approximate surface area is 125 Å². The second-order valence-electron chi connectivity index (χ2n) is 6.17. The van der Waals surface area contributed by atoms with Crippen molar-refractivity contribution >= 4 is 0 Å². The molecule has 1 fully saturated rings. The largest absolute Gasteiger partial charge is 0.486 e. The molecule has 1 aromatic carbocycles. The van der Waals surface area contributed by atoms with Gasteiger partial charge in [0.2, 0.25) is 0 Å². The summed E-state index contributed by atoms with van der Waals surface area (Å²) in [5, 5.41) is 19.6. The Hall–Kier alpha value is -1.73. The van der Waals surface area contributed by atoms with Gasteiger partial charge in [-0.05, 0) is 50.7 Å². The van der Waals surface area contributed by atoms with Crippen molar-refractivity contribution in [2.24, 2.45) is 0 Å². The van der Waals surface area contributed by atoms with Gasteiger partial charge in [0.15, 0.2) is 11.5 Å². The first-order chi connectivity index (χ1) is 10.1. The van der Waals surface area contributed by atoms with Crippen LogP contribution in [0.15, 0.2) is 6.07 Å². The fourth-order valence-electron chi connectivity index (χ4n) is 3.65. The molecule has 4 heteroatoms. The molecule has 21 heavy (non-hydrogen) atoms. The zero-order chi connectivity index (χ0) is 15.0. The van der Waals surface area contributed by atoms with Gasteiger partial charge in [-0.25, -0.2) is 0 Å². The third kappa shape index (κ3) is 2.26. The van der Waals surface area contributed by atoms with Gasteiger partial charge in [-0.15, -0.1) is 0 Å². The minimum absolute atomic E-state index is 0.287. The van der Waals surface area contributed by atoms with Gasteiger partial charge in [-0.2, -0.15) is 5.26 Å². The molecule has 0 spiro atoms. The zero-order valence-electron chi connectivity index (χ0n) is 12.6. The molecule has 2 aliphatic rings. The van der Waals surface area contributed by atoms with Gasteiger partial charge in [-0.1, -0.05) is 6.07 Å². The molecule has 1 aliphatic heterocycles. The Balaban J connectivity index is 2.15. The van der Waals surface area contributed by atoms with Crippen molar-refractivity contribution in [2.45, 2.75) is 51.0 Å². The molecule has 0 aromatic heterocycles. The number of hydrogen-bond acceptors (Lipinski definition) is 4. The number of aryl methyl sites for hydroxylation is 2. The van der Waals surface area contributed by atoms with Crippen LogP contribution in [0.2, 0.25) is 0 Å². The van der Waals surface area contributed by atoms with Gasteiger partial charge >= 0.3 is 0 Å². The van der Waals surface area contributed by atoms with Crippen molar-refractivity contribution in [1.82, 2.24) is 0 Å². The summed E-state index contributed by atoms with van der Waals surface area (Å²) in [5.74, 6) is 1.53. The maximum absolute atomic E-state index is 9.85. The summed E-state index contributed by atoms with van der Waals surface area (Å²) >= 11 is 0. The number of nitriles is 1. The molecule has 1 N–H and O–H groups in total. The number of hydrogen-bond donors (Lipinski definition) is 1. The van der Waals surface area contributed by atoms with Crippen LogP contribution in [0.5, 0.6) is 11.5 Å². The molecule has 1 aromatic rings. The molecule has 0 saturated heterocycles. The number of rotatable bonds is 1. The molecule has 4 nitrogen and oxygen atoms in total. The molecular formula is C17H21NO3. The van der Waals surface area contributed by atoms with Gasteiger partial charge in [0.25, 0.3) is 0 Å². The van der Waals surface area contributed by atoms with Gasteiger partial charge in [0, 0.05) is 5.56 Å². The SMILES string of the molecule is Cc1cc(C)c(C2(C#N)CCC(O)CC2)c2c1OCCO2. The van der Waals surface area contributed by atoms with E-state index in [2.05, 4.69) is 12.1 Å². The number of fused-ring (bicyclic) bond motifs is 1. The van der Waals surface area contributed by atoms with Gasteiger partial charge < -0.3 is 14.6 Å². The topological polar surface area (TPSA) is 62.5 Å².